The Hall–Kier alpha value is -2.33. The summed E-state index contributed by atoms with van der Waals surface area (Å²) in [6.07, 6.45) is 5.62. The van der Waals surface area contributed by atoms with Crippen molar-refractivity contribution >= 4 is 28.8 Å². The number of carbonyl (C=O) groups is 1. The number of rotatable bonds is 3. The van der Waals surface area contributed by atoms with Gasteiger partial charge < -0.3 is 9.72 Å². The van der Waals surface area contributed by atoms with E-state index in [4.69, 9.17) is 11.6 Å². The molecular weight excluding hydrogens is 274 g/mol. The highest BCUT2D eigenvalue weighted by Crippen LogP contribution is 2.16. The average Bonchev–Trinajstić information content (AvgIpc) is 2.89. The van der Waals surface area contributed by atoms with Crippen LogP contribution in [0.2, 0.25) is 5.02 Å². The summed E-state index contributed by atoms with van der Waals surface area (Å²) < 4.78 is 1.85. The molecule has 0 aliphatic heterocycles. The molecule has 0 radical (unpaired) electrons. The molecule has 0 unspecified atom stereocenters. The SMILES string of the molecule is O=C(Cc1ccccc1Cl)Nc1ccc2nccn2c1. The van der Waals surface area contributed by atoms with E-state index in [1.807, 2.05) is 47.1 Å². The summed E-state index contributed by atoms with van der Waals surface area (Å²) in [6, 6.07) is 11.0. The second-order valence-corrected chi connectivity index (χ2v) is 4.83. The first-order valence-electron chi connectivity index (χ1n) is 6.18. The van der Waals surface area contributed by atoms with Crippen LogP contribution >= 0.6 is 11.6 Å². The van der Waals surface area contributed by atoms with Gasteiger partial charge in [0, 0.05) is 23.6 Å². The third kappa shape index (κ3) is 2.65. The second kappa shape index (κ2) is 5.35. The molecule has 4 nitrogen and oxygen atoms in total. The number of hydrogen-bond donors (Lipinski definition) is 1. The third-order valence-electron chi connectivity index (χ3n) is 2.98. The lowest BCUT2D eigenvalue weighted by Crippen LogP contribution is -2.14. The molecule has 0 aliphatic rings. The quantitative estimate of drug-likeness (QED) is 0.803. The van der Waals surface area contributed by atoms with E-state index in [9.17, 15) is 4.79 Å². The Morgan fingerprint density at radius 1 is 1.25 bits per heavy atom. The maximum absolute atomic E-state index is 12.0. The molecule has 0 spiro atoms. The van der Waals surface area contributed by atoms with Crippen LogP contribution in [0.1, 0.15) is 5.56 Å². The molecule has 0 aliphatic carbocycles. The fourth-order valence-electron chi connectivity index (χ4n) is 2.01. The summed E-state index contributed by atoms with van der Waals surface area (Å²) in [5, 5.41) is 3.46. The van der Waals surface area contributed by atoms with Crippen molar-refractivity contribution in [2.75, 3.05) is 5.32 Å². The molecule has 0 bridgehead atoms. The minimum Gasteiger partial charge on any atom is -0.324 e. The zero-order valence-electron chi connectivity index (χ0n) is 10.6. The van der Waals surface area contributed by atoms with E-state index in [-0.39, 0.29) is 12.3 Å². The molecule has 1 aromatic carbocycles. The van der Waals surface area contributed by atoms with Gasteiger partial charge >= 0.3 is 0 Å². The topological polar surface area (TPSA) is 46.4 Å². The number of pyridine rings is 1. The van der Waals surface area contributed by atoms with Crippen LogP contribution in [-0.2, 0) is 11.2 Å². The van der Waals surface area contributed by atoms with Gasteiger partial charge in [-0.3, -0.25) is 4.79 Å². The summed E-state index contributed by atoms with van der Waals surface area (Å²) in [4.78, 5) is 16.2. The van der Waals surface area contributed by atoms with Gasteiger partial charge in [0.25, 0.3) is 0 Å². The average molecular weight is 286 g/mol. The number of amides is 1. The number of hydrogen-bond acceptors (Lipinski definition) is 2. The van der Waals surface area contributed by atoms with Gasteiger partial charge in [-0.05, 0) is 23.8 Å². The summed E-state index contributed by atoms with van der Waals surface area (Å²) in [6.45, 7) is 0. The molecule has 1 amide bonds. The largest absolute Gasteiger partial charge is 0.324 e. The van der Waals surface area contributed by atoms with Gasteiger partial charge in [-0.2, -0.15) is 0 Å². The lowest BCUT2D eigenvalue weighted by Gasteiger charge is -2.07. The van der Waals surface area contributed by atoms with E-state index < -0.39 is 0 Å². The Balaban J connectivity index is 1.74. The highest BCUT2D eigenvalue weighted by atomic mass is 35.5. The van der Waals surface area contributed by atoms with Crippen LogP contribution < -0.4 is 5.32 Å². The van der Waals surface area contributed by atoms with Gasteiger partial charge in [0.2, 0.25) is 5.91 Å². The van der Waals surface area contributed by atoms with Gasteiger partial charge in [0.15, 0.2) is 0 Å². The van der Waals surface area contributed by atoms with Crippen LogP contribution in [0, 0.1) is 0 Å². The van der Waals surface area contributed by atoms with Gasteiger partial charge in [0.05, 0.1) is 12.1 Å². The molecule has 2 aromatic heterocycles. The summed E-state index contributed by atoms with van der Waals surface area (Å²) in [7, 11) is 0. The minimum atomic E-state index is -0.0995. The first-order chi connectivity index (χ1) is 9.72. The number of benzene rings is 1. The second-order valence-electron chi connectivity index (χ2n) is 4.43. The van der Waals surface area contributed by atoms with Crippen molar-refractivity contribution in [3.05, 3.63) is 65.6 Å². The van der Waals surface area contributed by atoms with Crippen LogP contribution in [0.25, 0.3) is 5.65 Å². The number of anilines is 1. The number of imidazole rings is 1. The molecular formula is C15H12ClN3O. The number of carbonyl (C=O) groups excluding carboxylic acids is 1. The molecule has 0 saturated carbocycles. The lowest BCUT2D eigenvalue weighted by molar-refractivity contribution is -0.115. The maximum atomic E-state index is 12.0. The maximum Gasteiger partial charge on any atom is 0.228 e. The van der Waals surface area contributed by atoms with Gasteiger partial charge in [-0.1, -0.05) is 29.8 Å². The van der Waals surface area contributed by atoms with E-state index in [1.54, 1.807) is 12.3 Å². The van der Waals surface area contributed by atoms with Gasteiger partial charge in [0.1, 0.15) is 5.65 Å². The predicted molar refractivity (Wildman–Crippen MR) is 79.0 cm³/mol. The standard InChI is InChI=1S/C15H12ClN3O/c16-13-4-2-1-3-11(13)9-15(20)18-12-5-6-14-17-7-8-19(14)10-12/h1-8,10H,9H2,(H,18,20). The summed E-state index contributed by atoms with van der Waals surface area (Å²) >= 11 is 6.04. The fourth-order valence-corrected chi connectivity index (χ4v) is 2.22. The smallest absolute Gasteiger partial charge is 0.228 e. The minimum absolute atomic E-state index is 0.0995. The van der Waals surface area contributed by atoms with Crippen molar-refractivity contribution in [1.82, 2.24) is 9.38 Å². The van der Waals surface area contributed by atoms with E-state index in [1.165, 1.54) is 0 Å². The number of nitrogens with zero attached hydrogens (tertiary/aromatic N) is 2. The molecule has 5 heteroatoms. The van der Waals surface area contributed by atoms with Gasteiger partial charge in [-0.25, -0.2) is 4.98 Å². The zero-order chi connectivity index (χ0) is 13.9. The zero-order valence-corrected chi connectivity index (χ0v) is 11.3. The number of aromatic nitrogens is 2. The van der Waals surface area contributed by atoms with Gasteiger partial charge in [-0.15, -0.1) is 0 Å². The predicted octanol–water partition coefficient (Wildman–Crippen LogP) is 3.17. The molecule has 0 fully saturated rings. The summed E-state index contributed by atoms with van der Waals surface area (Å²) in [5.41, 5.74) is 2.39. The van der Waals surface area contributed by atoms with E-state index in [2.05, 4.69) is 10.3 Å². The first kappa shape index (κ1) is 12.7. The summed E-state index contributed by atoms with van der Waals surface area (Å²) in [5.74, 6) is -0.0995. The highest BCUT2D eigenvalue weighted by Gasteiger charge is 2.07. The van der Waals surface area contributed by atoms with Crippen molar-refractivity contribution in [3.63, 3.8) is 0 Å². The Labute approximate surface area is 121 Å². The Bertz CT molecular complexity index is 766. The Kier molecular flexibility index (Phi) is 3.39. The lowest BCUT2D eigenvalue weighted by atomic mass is 10.1. The first-order valence-corrected chi connectivity index (χ1v) is 6.56. The Morgan fingerprint density at radius 3 is 2.95 bits per heavy atom. The molecule has 3 rings (SSSR count). The fraction of sp³-hybridized carbons (Fsp3) is 0.0667. The molecule has 3 aromatic rings. The molecule has 20 heavy (non-hydrogen) atoms. The van der Waals surface area contributed by atoms with Crippen molar-refractivity contribution < 1.29 is 4.79 Å². The molecule has 0 atom stereocenters. The number of nitrogens with one attached hydrogen (secondary N) is 1. The number of halogens is 1. The van der Waals surface area contributed by atoms with Crippen LogP contribution in [0.4, 0.5) is 5.69 Å². The monoisotopic (exact) mass is 285 g/mol. The van der Waals surface area contributed by atoms with Crippen molar-refractivity contribution in [2.45, 2.75) is 6.42 Å². The number of fused-ring (bicyclic) bond motifs is 1. The third-order valence-corrected chi connectivity index (χ3v) is 3.35. The highest BCUT2D eigenvalue weighted by molar-refractivity contribution is 6.31. The van der Waals surface area contributed by atoms with Crippen LogP contribution in [-0.4, -0.2) is 15.3 Å². The molecule has 2 heterocycles. The molecule has 100 valence electrons. The van der Waals surface area contributed by atoms with Crippen molar-refractivity contribution in [2.24, 2.45) is 0 Å². The molecule has 1 N–H and O–H groups in total. The Morgan fingerprint density at radius 2 is 2.10 bits per heavy atom. The van der Waals surface area contributed by atoms with Crippen molar-refractivity contribution in [1.29, 1.82) is 0 Å². The van der Waals surface area contributed by atoms with E-state index in [0.717, 1.165) is 16.9 Å². The normalized spacial score (nSPS) is 10.7. The van der Waals surface area contributed by atoms with Crippen LogP contribution in [0.5, 0.6) is 0 Å². The van der Waals surface area contributed by atoms with E-state index >= 15 is 0 Å². The van der Waals surface area contributed by atoms with Crippen molar-refractivity contribution in [3.8, 4) is 0 Å². The van der Waals surface area contributed by atoms with Crippen LogP contribution in [0.3, 0.4) is 0 Å². The molecule has 0 saturated heterocycles. The van der Waals surface area contributed by atoms with Crippen LogP contribution in [0.15, 0.2) is 55.0 Å². The van der Waals surface area contributed by atoms with E-state index in [0.29, 0.717) is 5.02 Å².